The molecule has 3 rings (SSSR count). The van der Waals surface area contributed by atoms with Crippen molar-refractivity contribution in [2.75, 3.05) is 38.2 Å². The number of rotatable bonds is 6. The van der Waals surface area contributed by atoms with Crippen LogP contribution in [0.15, 0.2) is 24.0 Å². The van der Waals surface area contributed by atoms with Gasteiger partial charge >= 0.3 is 0 Å². The zero-order valence-electron chi connectivity index (χ0n) is 14.1. The lowest BCUT2D eigenvalue weighted by atomic mass is 10.2. The van der Waals surface area contributed by atoms with Gasteiger partial charge in [0.15, 0.2) is 5.13 Å². The third-order valence-corrected chi connectivity index (χ3v) is 4.86. The number of carbonyl (C=O) groups is 1. The number of anilines is 1. The number of hydrogen-bond donors (Lipinski definition) is 0. The predicted molar refractivity (Wildman–Crippen MR) is 93.2 cm³/mol. The van der Waals surface area contributed by atoms with Crippen molar-refractivity contribution in [3.8, 4) is 0 Å². The van der Waals surface area contributed by atoms with Gasteiger partial charge in [0.05, 0.1) is 25.5 Å². The number of morpholine rings is 1. The number of hydrogen-bond acceptors (Lipinski definition) is 6. The Morgan fingerprint density at radius 1 is 1.50 bits per heavy atom. The smallest absolute Gasteiger partial charge is 0.229 e. The Balaban J connectivity index is 1.64. The van der Waals surface area contributed by atoms with Crippen molar-refractivity contribution in [2.24, 2.45) is 7.05 Å². The van der Waals surface area contributed by atoms with Gasteiger partial charge in [-0.1, -0.05) is 0 Å². The fourth-order valence-electron chi connectivity index (χ4n) is 2.80. The largest absolute Gasteiger partial charge is 0.374 e. The third kappa shape index (κ3) is 4.40. The summed E-state index contributed by atoms with van der Waals surface area (Å²) in [6.45, 7) is 3.01. The van der Waals surface area contributed by atoms with Crippen LogP contribution in [-0.4, -0.2) is 65.0 Å². The molecule has 1 aliphatic rings. The Labute approximate surface area is 145 Å². The molecule has 3 heterocycles. The van der Waals surface area contributed by atoms with E-state index < -0.39 is 0 Å². The minimum absolute atomic E-state index is 0.0231. The molecule has 0 spiro atoms. The van der Waals surface area contributed by atoms with Crippen LogP contribution in [0.4, 0.5) is 5.13 Å². The van der Waals surface area contributed by atoms with E-state index in [1.807, 2.05) is 18.6 Å². The van der Waals surface area contributed by atoms with Crippen LogP contribution in [0, 0.1) is 0 Å². The summed E-state index contributed by atoms with van der Waals surface area (Å²) in [5.41, 5.74) is 1.07. The highest BCUT2D eigenvalue weighted by atomic mass is 32.1. The van der Waals surface area contributed by atoms with E-state index in [1.165, 1.54) is 11.3 Å². The molecular formula is C16H23N5O2S. The molecule has 0 bridgehead atoms. The number of aromatic nitrogens is 3. The van der Waals surface area contributed by atoms with Crippen LogP contribution in [0.3, 0.4) is 0 Å². The molecule has 1 amide bonds. The molecule has 130 valence electrons. The van der Waals surface area contributed by atoms with Gasteiger partial charge in [-0.05, 0) is 19.0 Å². The molecule has 0 N–H and O–H groups in total. The summed E-state index contributed by atoms with van der Waals surface area (Å²) in [7, 11) is 3.96. The second kappa shape index (κ2) is 7.87. The first kappa shape index (κ1) is 17.1. The van der Waals surface area contributed by atoms with Crippen molar-refractivity contribution in [3.63, 3.8) is 0 Å². The van der Waals surface area contributed by atoms with E-state index in [0.29, 0.717) is 26.0 Å². The van der Waals surface area contributed by atoms with Crippen LogP contribution in [0.5, 0.6) is 0 Å². The number of ether oxygens (including phenoxy) is 1. The maximum atomic E-state index is 12.8. The number of aryl methyl sites for hydroxylation is 2. The summed E-state index contributed by atoms with van der Waals surface area (Å²) in [4.78, 5) is 21.1. The normalized spacial score (nSPS) is 18.7. The molecule has 0 aromatic carbocycles. The van der Waals surface area contributed by atoms with Crippen molar-refractivity contribution < 1.29 is 9.53 Å². The lowest BCUT2D eigenvalue weighted by Gasteiger charge is -2.33. The molecule has 1 saturated heterocycles. The fourth-order valence-corrected chi connectivity index (χ4v) is 3.47. The lowest BCUT2D eigenvalue weighted by molar-refractivity contribution is -0.119. The monoisotopic (exact) mass is 349 g/mol. The average Bonchev–Trinajstić information content (AvgIpc) is 3.22. The Bertz CT molecular complexity index is 657. The van der Waals surface area contributed by atoms with Gasteiger partial charge in [0, 0.05) is 44.3 Å². The first-order valence-corrected chi connectivity index (χ1v) is 8.97. The molecule has 1 fully saturated rings. The van der Waals surface area contributed by atoms with Crippen molar-refractivity contribution in [2.45, 2.75) is 18.9 Å². The number of carbonyl (C=O) groups excluding carboxylic acids is 1. The van der Waals surface area contributed by atoms with E-state index in [2.05, 4.69) is 22.0 Å². The highest BCUT2D eigenvalue weighted by Gasteiger charge is 2.25. The number of amides is 1. The molecule has 8 heteroatoms. The topological polar surface area (TPSA) is 63.5 Å². The molecule has 1 unspecified atom stereocenters. The number of likely N-dealkylation sites (N-methyl/N-ethyl adjacent to an activating group) is 1. The summed E-state index contributed by atoms with van der Waals surface area (Å²) >= 11 is 1.48. The summed E-state index contributed by atoms with van der Waals surface area (Å²) in [6.07, 6.45) is 6.62. The standard InChI is InChI=1S/C16H23N5O2S/c1-19-6-7-23-14(11-19)12-21(16-17-5-8-24-16)15(22)4-3-13-9-18-20(2)10-13/h5,8-10,14H,3-4,6-7,11-12H2,1-2H3. The number of thiazole rings is 1. The van der Waals surface area contributed by atoms with Crippen LogP contribution in [0.1, 0.15) is 12.0 Å². The fraction of sp³-hybridized carbons (Fsp3) is 0.562. The molecule has 0 aliphatic carbocycles. The van der Waals surface area contributed by atoms with Crippen LogP contribution in [0.25, 0.3) is 0 Å². The van der Waals surface area contributed by atoms with E-state index in [0.717, 1.165) is 23.8 Å². The zero-order chi connectivity index (χ0) is 16.9. The summed E-state index contributed by atoms with van der Waals surface area (Å²) in [5.74, 6) is 0.0747. The lowest BCUT2D eigenvalue weighted by Crippen LogP contribution is -2.47. The van der Waals surface area contributed by atoms with Gasteiger partial charge in [-0.2, -0.15) is 5.10 Å². The zero-order valence-corrected chi connectivity index (χ0v) is 14.9. The van der Waals surface area contributed by atoms with E-state index >= 15 is 0 Å². The second-order valence-electron chi connectivity index (χ2n) is 6.10. The van der Waals surface area contributed by atoms with Gasteiger partial charge in [0.2, 0.25) is 5.91 Å². The Morgan fingerprint density at radius 3 is 3.04 bits per heavy atom. The molecule has 2 aromatic heterocycles. The highest BCUT2D eigenvalue weighted by molar-refractivity contribution is 7.13. The van der Waals surface area contributed by atoms with Crippen molar-refractivity contribution in [3.05, 3.63) is 29.5 Å². The highest BCUT2D eigenvalue weighted by Crippen LogP contribution is 2.20. The van der Waals surface area contributed by atoms with E-state index in [4.69, 9.17) is 4.74 Å². The van der Waals surface area contributed by atoms with Gasteiger partial charge in [0.25, 0.3) is 0 Å². The summed E-state index contributed by atoms with van der Waals surface area (Å²) in [6, 6.07) is 0. The average molecular weight is 349 g/mol. The minimum atomic E-state index is 0.0231. The molecule has 0 radical (unpaired) electrons. The van der Waals surface area contributed by atoms with E-state index in [9.17, 15) is 4.79 Å². The van der Waals surface area contributed by atoms with Gasteiger partial charge in [0.1, 0.15) is 0 Å². The van der Waals surface area contributed by atoms with E-state index in [1.54, 1.807) is 22.0 Å². The molecule has 1 atom stereocenters. The summed E-state index contributed by atoms with van der Waals surface area (Å²) < 4.78 is 7.58. The maximum Gasteiger partial charge on any atom is 0.229 e. The van der Waals surface area contributed by atoms with Crippen molar-refractivity contribution in [1.29, 1.82) is 0 Å². The predicted octanol–water partition coefficient (Wildman–Crippen LogP) is 1.17. The Hall–Kier alpha value is -1.77. The Kier molecular flexibility index (Phi) is 5.60. The van der Waals surface area contributed by atoms with Crippen LogP contribution in [-0.2, 0) is 23.0 Å². The molecule has 24 heavy (non-hydrogen) atoms. The van der Waals surface area contributed by atoms with Gasteiger partial charge in [-0.15, -0.1) is 11.3 Å². The molecule has 0 saturated carbocycles. The van der Waals surface area contributed by atoms with Crippen molar-refractivity contribution >= 4 is 22.4 Å². The summed E-state index contributed by atoms with van der Waals surface area (Å²) in [5, 5.41) is 6.78. The molecular weight excluding hydrogens is 326 g/mol. The quantitative estimate of drug-likeness (QED) is 0.783. The van der Waals surface area contributed by atoms with Gasteiger partial charge < -0.3 is 9.64 Å². The molecule has 2 aromatic rings. The Morgan fingerprint density at radius 2 is 2.38 bits per heavy atom. The first-order valence-electron chi connectivity index (χ1n) is 8.09. The SMILES string of the molecule is CN1CCOC(CN(C(=O)CCc2cnn(C)c2)c2nccs2)C1. The second-order valence-corrected chi connectivity index (χ2v) is 6.97. The van der Waals surface area contributed by atoms with Crippen LogP contribution < -0.4 is 4.90 Å². The van der Waals surface area contributed by atoms with E-state index in [-0.39, 0.29) is 12.0 Å². The van der Waals surface area contributed by atoms with Crippen molar-refractivity contribution in [1.82, 2.24) is 19.7 Å². The van der Waals surface area contributed by atoms with Crippen LogP contribution >= 0.6 is 11.3 Å². The van der Waals surface area contributed by atoms with Crippen LogP contribution in [0.2, 0.25) is 0 Å². The maximum absolute atomic E-state index is 12.8. The first-order chi connectivity index (χ1) is 11.6. The number of nitrogens with zero attached hydrogens (tertiary/aromatic N) is 5. The third-order valence-electron chi connectivity index (χ3n) is 4.07. The van der Waals surface area contributed by atoms with Gasteiger partial charge in [-0.25, -0.2) is 4.98 Å². The molecule has 7 nitrogen and oxygen atoms in total. The van der Waals surface area contributed by atoms with Gasteiger partial charge in [-0.3, -0.25) is 14.4 Å². The minimum Gasteiger partial charge on any atom is -0.374 e. The molecule has 1 aliphatic heterocycles.